The van der Waals surface area contributed by atoms with Crippen molar-refractivity contribution in [2.24, 2.45) is 0 Å². The van der Waals surface area contributed by atoms with Gasteiger partial charge in [0.2, 0.25) is 0 Å². The Morgan fingerprint density at radius 3 is 2.10 bits per heavy atom. The van der Waals surface area contributed by atoms with Crippen LogP contribution < -0.4 is 0 Å². The van der Waals surface area contributed by atoms with E-state index in [1.54, 1.807) is 12.1 Å². The molecule has 0 radical (unpaired) electrons. The predicted molar refractivity (Wildman–Crippen MR) is 90.2 cm³/mol. The van der Waals surface area contributed by atoms with Crippen LogP contribution in [-0.2, 0) is 5.41 Å². The van der Waals surface area contributed by atoms with Crippen molar-refractivity contribution in [1.82, 2.24) is 9.97 Å². The van der Waals surface area contributed by atoms with E-state index < -0.39 is 0 Å². The normalized spacial score (nSPS) is 12.0. The Bertz CT molecular complexity index is 757. The van der Waals surface area contributed by atoms with E-state index >= 15 is 0 Å². The number of nitrogens with one attached hydrogen (secondary N) is 1. The number of hydrogen-bond donors (Lipinski definition) is 1. The van der Waals surface area contributed by atoms with Gasteiger partial charge in [-0.25, -0.2) is 4.98 Å². The molecule has 0 aliphatic carbocycles. The fraction of sp³-hybridized carbons (Fsp3) is 0.235. The van der Waals surface area contributed by atoms with Crippen molar-refractivity contribution in [1.29, 1.82) is 0 Å². The number of benzene rings is 2. The summed E-state index contributed by atoms with van der Waals surface area (Å²) in [7, 11) is 0. The van der Waals surface area contributed by atoms with Gasteiger partial charge in [-0.2, -0.15) is 0 Å². The van der Waals surface area contributed by atoms with E-state index in [2.05, 4.69) is 55.0 Å². The predicted octanol–water partition coefficient (Wildman–Crippen LogP) is 5.83. The minimum Gasteiger partial charge on any atom is -0.337 e. The zero-order valence-electron chi connectivity index (χ0n) is 12.2. The summed E-state index contributed by atoms with van der Waals surface area (Å²) in [5, 5.41) is 1.22. The Kier molecular flexibility index (Phi) is 3.46. The number of aromatic nitrogens is 2. The number of imidazole rings is 1. The van der Waals surface area contributed by atoms with Crippen molar-refractivity contribution in [2.75, 3.05) is 0 Å². The zero-order chi connectivity index (χ0) is 15.2. The van der Waals surface area contributed by atoms with Crippen molar-refractivity contribution in [3.63, 3.8) is 0 Å². The van der Waals surface area contributed by atoms with Crippen LogP contribution in [0.5, 0.6) is 0 Å². The number of nitrogens with zero attached hydrogens (tertiary/aromatic N) is 1. The van der Waals surface area contributed by atoms with E-state index in [4.69, 9.17) is 23.2 Å². The van der Waals surface area contributed by atoms with Crippen LogP contribution in [0.3, 0.4) is 0 Å². The monoisotopic (exact) mass is 318 g/mol. The van der Waals surface area contributed by atoms with E-state index in [0.717, 1.165) is 16.9 Å². The van der Waals surface area contributed by atoms with Gasteiger partial charge in [0, 0.05) is 5.56 Å². The third kappa shape index (κ3) is 2.66. The summed E-state index contributed by atoms with van der Waals surface area (Å²) in [6.45, 7) is 6.59. The lowest BCUT2D eigenvalue weighted by Crippen LogP contribution is -2.10. The molecule has 4 heteroatoms. The summed E-state index contributed by atoms with van der Waals surface area (Å²) in [5.74, 6) is 0.778. The first-order valence-electron chi connectivity index (χ1n) is 6.81. The first kappa shape index (κ1) is 14.4. The molecule has 2 nitrogen and oxygen atoms in total. The maximum atomic E-state index is 6.18. The van der Waals surface area contributed by atoms with Crippen molar-refractivity contribution in [3.8, 4) is 11.4 Å². The number of H-pyrrole nitrogens is 1. The van der Waals surface area contributed by atoms with Crippen molar-refractivity contribution >= 4 is 34.2 Å². The SMILES string of the molecule is CC(C)(C)c1ccc(-c2nc3c(Cl)ccc(Cl)c3[nH]2)cc1. The Labute approximate surface area is 134 Å². The topological polar surface area (TPSA) is 28.7 Å². The van der Waals surface area contributed by atoms with E-state index in [-0.39, 0.29) is 5.41 Å². The number of fused-ring (bicyclic) bond motifs is 1. The average molecular weight is 319 g/mol. The summed E-state index contributed by atoms with van der Waals surface area (Å²) in [6.07, 6.45) is 0. The standard InChI is InChI=1S/C17H16Cl2N2/c1-17(2,3)11-6-4-10(5-7-11)16-20-14-12(18)8-9-13(19)15(14)21-16/h4-9H,1-3H3,(H,20,21). The van der Waals surface area contributed by atoms with Gasteiger partial charge in [-0.3, -0.25) is 0 Å². The summed E-state index contributed by atoms with van der Waals surface area (Å²) >= 11 is 12.4. The molecule has 0 aliphatic heterocycles. The molecule has 0 saturated carbocycles. The first-order chi connectivity index (χ1) is 9.86. The lowest BCUT2D eigenvalue weighted by Gasteiger charge is -2.18. The van der Waals surface area contributed by atoms with Crippen LogP contribution in [0.25, 0.3) is 22.4 Å². The van der Waals surface area contributed by atoms with Gasteiger partial charge < -0.3 is 4.98 Å². The largest absolute Gasteiger partial charge is 0.337 e. The quantitative estimate of drug-likeness (QED) is 0.600. The molecule has 1 heterocycles. The minimum atomic E-state index is 0.138. The summed E-state index contributed by atoms with van der Waals surface area (Å²) in [5.41, 5.74) is 3.93. The van der Waals surface area contributed by atoms with Gasteiger partial charge in [0.1, 0.15) is 11.3 Å². The van der Waals surface area contributed by atoms with Crippen LogP contribution in [0.2, 0.25) is 10.0 Å². The van der Waals surface area contributed by atoms with Crippen LogP contribution in [0.1, 0.15) is 26.3 Å². The molecular formula is C17H16Cl2N2. The Morgan fingerprint density at radius 2 is 1.52 bits per heavy atom. The number of rotatable bonds is 1. The second-order valence-electron chi connectivity index (χ2n) is 6.17. The summed E-state index contributed by atoms with van der Waals surface area (Å²) in [4.78, 5) is 7.81. The molecule has 0 fully saturated rings. The van der Waals surface area contributed by atoms with Crippen LogP contribution in [0.15, 0.2) is 36.4 Å². The van der Waals surface area contributed by atoms with Crippen LogP contribution >= 0.6 is 23.2 Å². The van der Waals surface area contributed by atoms with Gasteiger partial charge in [-0.15, -0.1) is 0 Å². The van der Waals surface area contributed by atoms with Crippen LogP contribution in [0.4, 0.5) is 0 Å². The molecule has 0 atom stereocenters. The Balaban J connectivity index is 2.09. The second kappa shape index (κ2) is 5.04. The number of halogens is 2. The molecular weight excluding hydrogens is 303 g/mol. The molecule has 2 aromatic carbocycles. The molecule has 1 N–H and O–H groups in total. The minimum absolute atomic E-state index is 0.138. The van der Waals surface area contributed by atoms with Gasteiger partial charge in [0.25, 0.3) is 0 Å². The van der Waals surface area contributed by atoms with Crippen molar-refractivity contribution in [3.05, 3.63) is 52.0 Å². The summed E-state index contributed by atoms with van der Waals surface area (Å²) in [6, 6.07) is 11.9. The highest BCUT2D eigenvalue weighted by Gasteiger charge is 2.15. The molecule has 3 rings (SSSR count). The van der Waals surface area contributed by atoms with Gasteiger partial charge >= 0.3 is 0 Å². The van der Waals surface area contributed by atoms with E-state index in [1.165, 1.54) is 5.56 Å². The highest BCUT2D eigenvalue weighted by atomic mass is 35.5. The lowest BCUT2D eigenvalue weighted by atomic mass is 9.87. The lowest BCUT2D eigenvalue weighted by molar-refractivity contribution is 0.590. The highest BCUT2D eigenvalue weighted by Crippen LogP contribution is 2.31. The third-order valence-corrected chi connectivity index (χ3v) is 4.19. The molecule has 0 saturated heterocycles. The van der Waals surface area contributed by atoms with Crippen molar-refractivity contribution in [2.45, 2.75) is 26.2 Å². The van der Waals surface area contributed by atoms with Gasteiger partial charge in [-0.05, 0) is 23.1 Å². The van der Waals surface area contributed by atoms with E-state index in [9.17, 15) is 0 Å². The van der Waals surface area contributed by atoms with Gasteiger partial charge in [0.15, 0.2) is 0 Å². The van der Waals surface area contributed by atoms with Crippen molar-refractivity contribution < 1.29 is 0 Å². The fourth-order valence-electron chi connectivity index (χ4n) is 2.29. The number of hydrogen-bond acceptors (Lipinski definition) is 1. The molecule has 1 aromatic heterocycles. The van der Waals surface area contributed by atoms with Crippen LogP contribution in [-0.4, -0.2) is 9.97 Å². The second-order valence-corrected chi connectivity index (χ2v) is 6.98. The molecule has 0 aliphatic rings. The molecule has 0 spiro atoms. The summed E-state index contributed by atoms with van der Waals surface area (Å²) < 4.78 is 0. The van der Waals surface area contributed by atoms with Gasteiger partial charge in [0.05, 0.1) is 15.6 Å². The molecule has 21 heavy (non-hydrogen) atoms. The Hall–Kier alpha value is -1.51. The van der Waals surface area contributed by atoms with E-state index in [1.807, 2.05) is 0 Å². The maximum absolute atomic E-state index is 6.18. The third-order valence-electron chi connectivity index (χ3n) is 3.57. The molecule has 108 valence electrons. The maximum Gasteiger partial charge on any atom is 0.138 e. The molecule has 0 amide bonds. The van der Waals surface area contributed by atoms with Crippen LogP contribution in [0, 0.1) is 0 Å². The smallest absolute Gasteiger partial charge is 0.138 e. The Morgan fingerprint density at radius 1 is 0.905 bits per heavy atom. The van der Waals surface area contributed by atoms with E-state index in [0.29, 0.717) is 15.6 Å². The average Bonchev–Trinajstić information content (AvgIpc) is 2.89. The molecule has 3 aromatic rings. The zero-order valence-corrected chi connectivity index (χ0v) is 13.7. The fourth-order valence-corrected chi connectivity index (χ4v) is 2.69. The molecule has 0 unspecified atom stereocenters. The first-order valence-corrected chi connectivity index (χ1v) is 7.56. The highest BCUT2D eigenvalue weighted by molar-refractivity contribution is 6.39. The molecule has 0 bridgehead atoms. The van der Waals surface area contributed by atoms with Gasteiger partial charge in [-0.1, -0.05) is 68.2 Å². The number of aromatic amines is 1.